The van der Waals surface area contributed by atoms with Crippen LogP contribution < -0.4 is 9.64 Å². The van der Waals surface area contributed by atoms with Crippen molar-refractivity contribution in [3.05, 3.63) is 52.5 Å². The minimum absolute atomic E-state index is 0.0459. The van der Waals surface area contributed by atoms with E-state index in [0.29, 0.717) is 32.8 Å². The molecule has 2 heterocycles. The first-order valence-electron chi connectivity index (χ1n) is 11.5. The number of nitrogens with zero attached hydrogens (tertiary/aromatic N) is 3. The molecule has 37 heavy (non-hydrogen) atoms. The lowest BCUT2D eigenvalue weighted by molar-refractivity contribution is -0.132. The number of esters is 1. The van der Waals surface area contributed by atoms with E-state index in [-0.39, 0.29) is 39.3 Å². The van der Waals surface area contributed by atoms with Crippen LogP contribution in [-0.4, -0.2) is 80.8 Å². The van der Waals surface area contributed by atoms with Crippen molar-refractivity contribution in [3.8, 4) is 5.75 Å². The van der Waals surface area contributed by atoms with E-state index in [1.54, 1.807) is 0 Å². The summed E-state index contributed by atoms with van der Waals surface area (Å²) in [5.41, 5.74) is 0.236. The SMILES string of the molecule is CC(=O)Oc1ccc(N2C(=O)CC(N(CCN3CCOCC3)S(=O)(=O)c3cc(Cl)ccc3Cl)C2=O)cc1. The van der Waals surface area contributed by atoms with Crippen LogP contribution in [-0.2, 0) is 29.1 Å². The summed E-state index contributed by atoms with van der Waals surface area (Å²) in [6, 6.07) is 8.59. The summed E-state index contributed by atoms with van der Waals surface area (Å²) in [7, 11) is -4.32. The second-order valence-electron chi connectivity index (χ2n) is 8.52. The van der Waals surface area contributed by atoms with Crippen molar-refractivity contribution in [2.45, 2.75) is 24.3 Å². The Kier molecular flexibility index (Phi) is 8.52. The van der Waals surface area contributed by atoms with Gasteiger partial charge in [-0.25, -0.2) is 13.3 Å². The minimum atomic E-state index is -4.32. The molecule has 0 bridgehead atoms. The van der Waals surface area contributed by atoms with Gasteiger partial charge in [0.15, 0.2) is 0 Å². The van der Waals surface area contributed by atoms with Crippen molar-refractivity contribution in [2.75, 3.05) is 44.3 Å². The Balaban J connectivity index is 1.65. The van der Waals surface area contributed by atoms with E-state index in [9.17, 15) is 22.8 Å². The van der Waals surface area contributed by atoms with Crippen LogP contribution in [0.15, 0.2) is 47.4 Å². The maximum Gasteiger partial charge on any atom is 0.308 e. The van der Waals surface area contributed by atoms with E-state index in [1.165, 1.54) is 49.4 Å². The molecular formula is C24H25Cl2N3O7S. The lowest BCUT2D eigenvalue weighted by Gasteiger charge is -2.31. The Hall–Kier alpha value is -2.54. The highest BCUT2D eigenvalue weighted by Crippen LogP contribution is 2.33. The molecule has 0 N–H and O–H groups in total. The Morgan fingerprint density at radius 1 is 1.11 bits per heavy atom. The molecule has 0 aliphatic carbocycles. The summed E-state index contributed by atoms with van der Waals surface area (Å²) < 4.78 is 39.0. The number of carbonyl (C=O) groups excluding carboxylic acids is 3. The van der Waals surface area contributed by atoms with Gasteiger partial charge >= 0.3 is 5.97 Å². The summed E-state index contributed by atoms with van der Waals surface area (Å²) in [6.45, 7) is 3.80. The van der Waals surface area contributed by atoms with Gasteiger partial charge in [-0.1, -0.05) is 23.2 Å². The van der Waals surface area contributed by atoms with Crippen molar-refractivity contribution in [1.29, 1.82) is 0 Å². The van der Waals surface area contributed by atoms with Gasteiger partial charge in [-0.05, 0) is 42.5 Å². The maximum atomic E-state index is 13.8. The third kappa shape index (κ3) is 6.14. The predicted octanol–water partition coefficient (Wildman–Crippen LogP) is 2.57. The molecule has 2 aromatic carbocycles. The number of benzene rings is 2. The standard InChI is InChI=1S/C24H25Cl2N3O7S/c1-16(30)36-19-5-3-18(4-6-19)29-23(31)15-21(24(29)32)28(9-8-27-10-12-35-13-11-27)37(33,34)22-14-17(25)2-7-20(22)26/h2-7,14,21H,8-13,15H2,1H3. The molecule has 0 radical (unpaired) electrons. The summed E-state index contributed by atoms with van der Waals surface area (Å²) in [4.78, 5) is 40.4. The number of halogens is 2. The fraction of sp³-hybridized carbons (Fsp3) is 0.375. The average Bonchev–Trinajstić information content (AvgIpc) is 3.14. The molecule has 2 amide bonds. The van der Waals surface area contributed by atoms with E-state index < -0.39 is 33.8 Å². The van der Waals surface area contributed by atoms with Crippen LogP contribution >= 0.6 is 23.2 Å². The number of morpholine rings is 1. The summed E-state index contributed by atoms with van der Waals surface area (Å²) >= 11 is 12.3. The van der Waals surface area contributed by atoms with Crippen molar-refractivity contribution < 1.29 is 32.3 Å². The number of sulfonamides is 1. The van der Waals surface area contributed by atoms with Crippen LogP contribution in [0.4, 0.5) is 5.69 Å². The summed E-state index contributed by atoms with van der Waals surface area (Å²) in [5, 5.41) is 0.120. The lowest BCUT2D eigenvalue weighted by atomic mass is 10.2. The largest absolute Gasteiger partial charge is 0.427 e. The molecule has 2 aliphatic rings. The van der Waals surface area contributed by atoms with Gasteiger partial charge in [-0.3, -0.25) is 19.3 Å². The van der Waals surface area contributed by atoms with Crippen molar-refractivity contribution in [2.24, 2.45) is 0 Å². The highest BCUT2D eigenvalue weighted by Gasteiger charge is 2.47. The summed E-state index contributed by atoms with van der Waals surface area (Å²) in [6.07, 6.45) is -0.342. The number of rotatable bonds is 8. The van der Waals surface area contributed by atoms with E-state index in [4.69, 9.17) is 32.7 Å². The second kappa shape index (κ2) is 11.5. The fourth-order valence-electron chi connectivity index (χ4n) is 4.25. The zero-order valence-electron chi connectivity index (χ0n) is 19.9. The number of ether oxygens (including phenoxy) is 2. The van der Waals surface area contributed by atoms with Gasteiger partial charge in [0, 0.05) is 38.1 Å². The van der Waals surface area contributed by atoms with Gasteiger partial charge in [0.1, 0.15) is 16.7 Å². The van der Waals surface area contributed by atoms with Gasteiger partial charge in [0.05, 0.1) is 30.3 Å². The van der Waals surface area contributed by atoms with Crippen molar-refractivity contribution >= 4 is 56.7 Å². The second-order valence-corrected chi connectivity index (χ2v) is 11.2. The third-order valence-corrected chi connectivity index (χ3v) is 8.67. The Morgan fingerprint density at radius 3 is 2.43 bits per heavy atom. The lowest BCUT2D eigenvalue weighted by Crippen LogP contribution is -2.49. The van der Waals surface area contributed by atoms with Crippen LogP contribution in [0, 0.1) is 0 Å². The molecular weight excluding hydrogens is 545 g/mol. The van der Waals surface area contributed by atoms with Gasteiger partial charge in [-0.2, -0.15) is 4.31 Å². The zero-order chi connectivity index (χ0) is 26.7. The molecule has 1 unspecified atom stereocenters. The number of hydrogen-bond acceptors (Lipinski definition) is 8. The van der Waals surface area contributed by atoms with Crippen molar-refractivity contribution in [3.63, 3.8) is 0 Å². The number of imide groups is 1. The molecule has 10 nitrogen and oxygen atoms in total. The molecule has 2 aliphatic heterocycles. The molecule has 0 aromatic heterocycles. The maximum absolute atomic E-state index is 13.8. The molecule has 0 spiro atoms. The number of amides is 2. The molecule has 2 saturated heterocycles. The highest BCUT2D eigenvalue weighted by molar-refractivity contribution is 7.89. The molecule has 2 fully saturated rings. The van der Waals surface area contributed by atoms with E-state index in [2.05, 4.69) is 0 Å². The van der Waals surface area contributed by atoms with E-state index in [1.807, 2.05) is 4.90 Å². The van der Waals surface area contributed by atoms with Crippen LogP contribution in [0.5, 0.6) is 5.75 Å². The van der Waals surface area contributed by atoms with Gasteiger partial charge in [-0.15, -0.1) is 0 Å². The molecule has 13 heteroatoms. The normalized spacial score (nSPS) is 19.0. The molecule has 2 aromatic rings. The van der Waals surface area contributed by atoms with Gasteiger partial charge in [0.25, 0.3) is 5.91 Å². The first-order chi connectivity index (χ1) is 17.6. The van der Waals surface area contributed by atoms with Gasteiger partial charge in [0.2, 0.25) is 15.9 Å². The van der Waals surface area contributed by atoms with E-state index >= 15 is 0 Å². The first kappa shape index (κ1) is 27.5. The quantitative estimate of drug-likeness (QED) is 0.271. The van der Waals surface area contributed by atoms with Crippen LogP contribution in [0.1, 0.15) is 13.3 Å². The highest BCUT2D eigenvalue weighted by atomic mass is 35.5. The first-order valence-corrected chi connectivity index (χ1v) is 13.7. The monoisotopic (exact) mass is 569 g/mol. The van der Waals surface area contributed by atoms with Crippen LogP contribution in [0.25, 0.3) is 0 Å². The predicted molar refractivity (Wildman–Crippen MR) is 136 cm³/mol. The summed E-state index contributed by atoms with van der Waals surface area (Å²) in [5.74, 6) is -1.51. The minimum Gasteiger partial charge on any atom is -0.427 e. The number of anilines is 1. The van der Waals surface area contributed by atoms with Gasteiger partial charge < -0.3 is 9.47 Å². The molecule has 1 atom stereocenters. The van der Waals surface area contributed by atoms with Crippen molar-refractivity contribution in [1.82, 2.24) is 9.21 Å². The van der Waals surface area contributed by atoms with E-state index in [0.717, 1.165) is 9.21 Å². The van der Waals surface area contributed by atoms with Crippen LogP contribution in [0.2, 0.25) is 10.0 Å². The number of carbonyl (C=O) groups is 3. The molecule has 0 saturated carbocycles. The average molecular weight is 570 g/mol. The smallest absolute Gasteiger partial charge is 0.308 e. The third-order valence-electron chi connectivity index (χ3n) is 6.05. The molecule has 4 rings (SSSR count). The number of hydrogen-bond donors (Lipinski definition) is 0. The Morgan fingerprint density at radius 2 is 1.78 bits per heavy atom. The Bertz CT molecular complexity index is 1300. The molecule has 198 valence electrons. The zero-order valence-corrected chi connectivity index (χ0v) is 22.3. The Labute approximate surface area is 224 Å². The topological polar surface area (TPSA) is 114 Å². The van der Waals surface area contributed by atoms with Crippen LogP contribution in [0.3, 0.4) is 0 Å². The fourth-order valence-corrected chi connectivity index (χ4v) is 6.56.